The molecule has 146 valence electrons. The van der Waals surface area contributed by atoms with Crippen LogP contribution in [0, 0.1) is 5.92 Å². The largest absolute Gasteiger partial charge is 0.494 e. The zero-order valence-electron chi connectivity index (χ0n) is 15.8. The molecule has 27 heavy (non-hydrogen) atoms. The standard InChI is InChI=1S/C20H27N3O3S/c1-2-25-15-5-6-17-18(12-15)27-20(22-17)23-9-7-14(8-10-23)19(24)21-13-16-4-3-11-26-16/h5-6,12,14,16H,2-4,7-11,13H2,1H3,(H,21,24). The van der Waals surface area contributed by atoms with Crippen molar-refractivity contribution in [3.63, 3.8) is 0 Å². The molecule has 2 aliphatic rings. The number of carbonyl (C=O) groups excluding carboxylic acids is 1. The minimum atomic E-state index is 0.0987. The van der Waals surface area contributed by atoms with Gasteiger partial charge in [-0.25, -0.2) is 4.98 Å². The van der Waals surface area contributed by atoms with E-state index in [1.807, 2.05) is 19.1 Å². The summed E-state index contributed by atoms with van der Waals surface area (Å²) in [5.74, 6) is 1.17. The van der Waals surface area contributed by atoms with Crippen molar-refractivity contribution in [3.05, 3.63) is 18.2 Å². The van der Waals surface area contributed by atoms with Gasteiger partial charge in [0, 0.05) is 32.2 Å². The second kappa shape index (κ2) is 8.44. The highest BCUT2D eigenvalue weighted by Gasteiger charge is 2.27. The molecule has 3 heterocycles. The molecule has 2 aliphatic heterocycles. The highest BCUT2D eigenvalue weighted by Crippen LogP contribution is 2.33. The molecule has 0 aliphatic carbocycles. The number of nitrogens with zero attached hydrogens (tertiary/aromatic N) is 2. The lowest BCUT2D eigenvalue weighted by molar-refractivity contribution is -0.126. The molecule has 1 unspecified atom stereocenters. The molecular formula is C20H27N3O3S. The summed E-state index contributed by atoms with van der Waals surface area (Å²) < 4.78 is 12.3. The van der Waals surface area contributed by atoms with E-state index in [4.69, 9.17) is 14.5 Å². The lowest BCUT2D eigenvalue weighted by Gasteiger charge is -2.31. The molecule has 1 aromatic heterocycles. The average Bonchev–Trinajstić information content (AvgIpc) is 3.36. The maximum Gasteiger partial charge on any atom is 0.223 e. The summed E-state index contributed by atoms with van der Waals surface area (Å²) >= 11 is 1.70. The number of fused-ring (bicyclic) bond motifs is 1. The molecule has 2 fully saturated rings. The average molecular weight is 390 g/mol. The molecule has 0 radical (unpaired) electrons. The van der Waals surface area contributed by atoms with E-state index in [1.165, 1.54) is 0 Å². The molecule has 1 atom stereocenters. The van der Waals surface area contributed by atoms with Crippen LogP contribution in [0.1, 0.15) is 32.6 Å². The minimum Gasteiger partial charge on any atom is -0.494 e. The van der Waals surface area contributed by atoms with E-state index in [-0.39, 0.29) is 17.9 Å². The third-order valence-electron chi connectivity index (χ3n) is 5.32. The molecule has 0 bridgehead atoms. The lowest BCUT2D eigenvalue weighted by atomic mass is 9.96. The molecule has 7 heteroatoms. The lowest BCUT2D eigenvalue weighted by Crippen LogP contribution is -2.42. The van der Waals surface area contributed by atoms with Gasteiger partial charge in [0.15, 0.2) is 5.13 Å². The van der Waals surface area contributed by atoms with Crippen LogP contribution in [0.25, 0.3) is 10.2 Å². The Labute approximate surface area is 163 Å². The van der Waals surface area contributed by atoms with Crippen LogP contribution in [0.3, 0.4) is 0 Å². The first-order valence-corrected chi connectivity index (χ1v) is 10.7. The third-order valence-corrected chi connectivity index (χ3v) is 6.40. The fraction of sp³-hybridized carbons (Fsp3) is 0.600. The van der Waals surface area contributed by atoms with E-state index in [0.717, 1.165) is 66.5 Å². The van der Waals surface area contributed by atoms with Gasteiger partial charge in [-0.3, -0.25) is 4.79 Å². The van der Waals surface area contributed by atoms with Crippen LogP contribution in [0.4, 0.5) is 5.13 Å². The Balaban J connectivity index is 1.31. The SMILES string of the molecule is CCOc1ccc2nc(N3CCC(C(=O)NCC4CCCO4)CC3)sc2c1. The van der Waals surface area contributed by atoms with Crippen molar-refractivity contribution < 1.29 is 14.3 Å². The maximum absolute atomic E-state index is 12.4. The molecular weight excluding hydrogens is 362 g/mol. The topological polar surface area (TPSA) is 63.7 Å². The summed E-state index contributed by atoms with van der Waals surface area (Å²) in [6, 6.07) is 6.05. The number of thiazole rings is 1. The fourth-order valence-corrected chi connectivity index (χ4v) is 4.83. The van der Waals surface area contributed by atoms with Gasteiger partial charge in [0.25, 0.3) is 0 Å². The number of amides is 1. The Morgan fingerprint density at radius 2 is 2.22 bits per heavy atom. The first-order chi connectivity index (χ1) is 13.2. The van der Waals surface area contributed by atoms with Crippen LogP contribution < -0.4 is 15.0 Å². The van der Waals surface area contributed by atoms with Gasteiger partial charge in [-0.15, -0.1) is 0 Å². The van der Waals surface area contributed by atoms with Gasteiger partial charge in [0.2, 0.25) is 5.91 Å². The van der Waals surface area contributed by atoms with E-state index in [1.54, 1.807) is 11.3 Å². The van der Waals surface area contributed by atoms with E-state index >= 15 is 0 Å². The van der Waals surface area contributed by atoms with Crippen LogP contribution >= 0.6 is 11.3 Å². The molecule has 0 saturated carbocycles. The van der Waals surface area contributed by atoms with E-state index in [9.17, 15) is 4.79 Å². The number of hydrogen-bond acceptors (Lipinski definition) is 6. The number of hydrogen-bond donors (Lipinski definition) is 1. The van der Waals surface area contributed by atoms with Crippen molar-refractivity contribution in [1.29, 1.82) is 0 Å². The van der Waals surface area contributed by atoms with Crippen molar-refractivity contribution in [1.82, 2.24) is 10.3 Å². The summed E-state index contributed by atoms with van der Waals surface area (Å²) in [6.45, 7) is 5.88. The molecule has 1 amide bonds. The summed E-state index contributed by atoms with van der Waals surface area (Å²) in [5.41, 5.74) is 1.01. The van der Waals surface area contributed by atoms with Crippen molar-refractivity contribution >= 4 is 32.6 Å². The first kappa shape index (κ1) is 18.5. The number of nitrogens with one attached hydrogen (secondary N) is 1. The second-order valence-electron chi connectivity index (χ2n) is 7.20. The van der Waals surface area contributed by atoms with E-state index < -0.39 is 0 Å². The Hall–Kier alpha value is -1.86. The molecule has 1 aromatic carbocycles. The van der Waals surface area contributed by atoms with Gasteiger partial charge in [-0.05, 0) is 50.8 Å². The number of anilines is 1. The van der Waals surface area contributed by atoms with Crippen LogP contribution in [0.15, 0.2) is 18.2 Å². The minimum absolute atomic E-state index is 0.0987. The van der Waals surface area contributed by atoms with Gasteiger partial charge in [0.1, 0.15) is 5.75 Å². The molecule has 0 spiro atoms. The highest BCUT2D eigenvalue weighted by molar-refractivity contribution is 7.22. The zero-order chi connectivity index (χ0) is 18.6. The smallest absolute Gasteiger partial charge is 0.223 e. The predicted molar refractivity (Wildman–Crippen MR) is 108 cm³/mol. The highest BCUT2D eigenvalue weighted by atomic mass is 32.1. The van der Waals surface area contributed by atoms with Crippen molar-refractivity contribution in [3.8, 4) is 5.75 Å². The first-order valence-electron chi connectivity index (χ1n) is 9.90. The summed E-state index contributed by atoms with van der Waals surface area (Å²) in [7, 11) is 0. The van der Waals surface area contributed by atoms with Gasteiger partial charge in [-0.1, -0.05) is 11.3 Å². The van der Waals surface area contributed by atoms with Gasteiger partial charge < -0.3 is 19.7 Å². The van der Waals surface area contributed by atoms with E-state index in [0.29, 0.717) is 13.2 Å². The monoisotopic (exact) mass is 389 g/mol. The molecule has 1 N–H and O–H groups in total. The van der Waals surface area contributed by atoms with Crippen molar-refractivity contribution in [2.45, 2.75) is 38.7 Å². The summed E-state index contributed by atoms with van der Waals surface area (Å²) in [6.07, 6.45) is 4.11. The van der Waals surface area contributed by atoms with E-state index in [2.05, 4.69) is 16.3 Å². The van der Waals surface area contributed by atoms with Crippen LogP contribution in [0.2, 0.25) is 0 Å². The van der Waals surface area contributed by atoms with Crippen molar-refractivity contribution in [2.24, 2.45) is 5.92 Å². The number of rotatable bonds is 6. The molecule has 2 saturated heterocycles. The van der Waals surface area contributed by atoms with Gasteiger partial charge in [-0.2, -0.15) is 0 Å². The maximum atomic E-state index is 12.4. The number of carbonyl (C=O) groups is 1. The fourth-order valence-electron chi connectivity index (χ4n) is 3.78. The summed E-state index contributed by atoms with van der Waals surface area (Å²) in [5, 5.41) is 4.12. The molecule has 6 nitrogen and oxygen atoms in total. The van der Waals surface area contributed by atoms with Crippen molar-refractivity contribution in [2.75, 3.05) is 37.7 Å². The van der Waals surface area contributed by atoms with Gasteiger partial charge in [0.05, 0.1) is 22.9 Å². The Morgan fingerprint density at radius 1 is 1.37 bits per heavy atom. The second-order valence-corrected chi connectivity index (χ2v) is 8.21. The number of benzene rings is 1. The number of aromatic nitrogens is 1. The normalized spacial score (nSPS) is 20.9. The Bertz CT molecular complexity index is 780. The Morgan fingerprint density at radius 3 is 2.96 bits per heavy atom. The quantitative estimate of drug-likeness (QED) is 0.822. The van der Waals surface area contributed by atoms with Crippen LogP contribution in [-0.2, 0) is 9.53 Å². The predicted octanol–water partition coefficient (Wildman–Crippen LogP) is 3.21. The molecule has 2 aromatic rings. The summed E-state index contributed by atoms with van der Waals surface area (Å²) in [4.78, 5) is 19.5. The number of piperidine rings is 1. The Kier molecular flexibility index (Phi) is 5.78. The van der Waals surface area contributed by atoms with Crippen LogP contribution in [-0.4, -0.2) is 49.8 Å². The number of ether oxygens (including phenoxy) is 2. The zero-order valence-corrected chi connectivity index (χ0v) is 16.6. The van der Waals surface area contributed by atoms with Crippen LogP contribution in [0.5, 0.6) is 5.75 Å². The third kappa shape index (κ3) is 4.35. The van der Waals surface area contributed by atoms with Gasteiger partial charge >= 0.3 is 0 Å². The molecule has 4 rings (SSSR count).